The molecular formula is C16H18ClN5O2. The molecule has 0 unspecified atom stereocenters. The molecule has 1 aliphatic rings. The average Bonchev–Trinajstić information content (AvgIpc) is 3.27. The molecule has 0 radical (unpaired) electrons. The Hall–Kier alpha value is -2.41. The first-order chi connectivity index (χ1) is 11.5. The third-order valence-electron chi connectivity index (χ3n) is 3.71. The number of nitrogens with zero attached hydrogens (tertiary/aromatic N) is 4. The number of aryl methyl sites for hydroxylation is 1. The molecule has 1 fully saturated rings. The number of aromatic nitrogens is 3. The Bertz CT molecular complexity index is 785. The summed E-state index contributed by atoms with van der Waals surface area (Å²) in [4.78, 5) is 29.8. The van der Waals surface area contributed by atoms with Crippen molar-refractivity contribution in [3.63, 3.8) is 0 Å². The number of carbonyl (C=O) groups excluding carboxylic acids is 2. The number of nitrogens with one attached hydrogen (secondary N) is 1. The Balaban J connectivity index is 1.74. The Morgan fingerprint density at radius 3 is 2.75 bits per heavy atom. The topological polar surface area (TPSA) is 80.1 Å². The van der Waals surface area contributed by atoms with Crippen molar-refractivity contribution in [1.29, 1.82) is 0 Å². The van der Waals surface area contributed by atoms with E-state index in [0.29, 0.717) is 16.5 Å². The zero-order valence-electron chi connectivity index (χ0n) is 13.5. The molecule has 8 heteroatoms. The van der Waals surface area contributed by atoms with Gasteiger partial charge >= 0.3 is 0 Å². The molecule has 0 bridgehead atoms. The van der Waals surface area contributed by atoms with Crippen molar-refractivity contribution in [2.24, 2.45) is 0 Å². The lowest BCUT2D eigenvalue weighted by Gasteiger charge is -2.14. The van der Waals surface area contributed by atoms with Gasteiger partial charge in [-0.3, -0.25) is 9.59 Å². The van der Waals surface area contributed by atoms with Gasteiger partial charge in [-0.05, 0) is 31.9 Å². The minimum Gasteiger partial charge on any atom is -0.352 e. The fourth-order valence-corrected chi connectivity index (χ4v) is 2.51. The molecule has 0 saturated heterocycles. The van der Waals surface area contributed by atoms with E-state index in [4.69, 9.17) is 11.6 Å². The highest BCUT2D eigenvalue weighted by Crippen LogP contribution is 2.20. The summed E-state index contributed by atoms with van der Waals surface area (Å²) >= 11 is 6.17. The normalized spacial score (nSPS) is 13.6. The first kappa shape index (κ1) is 16.4. The summed E-state index contributed by atoms with van der Waals surface area (Å²) < 4.78 is 1.52. The second-order valence-electron chi connectivity index (χ2n) is 5.85. The lowest BCUT2D eigenvalue weighted by Crippen LogP contribution is -2.39. The number of halogens is 1. The van der Waals surface area contributed by atoms with Crippen molar-refractivity contribution in [1.82, 2.24) is 25.0 Å². The van der Waals surface area contributed by atoms with Gasteiger partial charge in [-0.1, -0.05) is 23.7 Å². The van der Waals surface area contributed by atoms with Crippen LogP contribution in [-0.2, 0) is 4.79 Å². The molecule has 0 aliphatic heterocycles. The summed E-state index contributed by atoms with van der Waals surface area (Å²) in [5.74, 6) is 0.00174. The van der Waals surface area contributed by atoms with E-state index in [1.54, 1.807) is 26.1 Å². The molecular weight excluding hydrogens is 330 g/mol. The van der Waals surface area contributed by atoms with Gasteiger partial charge < -0.3 is 10.2 Å². The number of amides is 2. The van der Waals surface area contributed by atoms with Crippen LogP contribution >= 0.6 is 11.6 Å². The minimum atomic E-state index is -0.408. The minimum absolute atomic E-state index is 0.0188. The molecule has 1 aromatic heterocycles. The number of hydrogen-bond acceptors (Lipinski definition) is 4. The lowest BCUT2D eigenvalue weighted by molar-refractivity contribution is -0.121. The average molecular weight is 348 g/mol. The van der Waals surface area contributed by atoms with Crippen molar-refractivity contribution in [3.8, 4) is 5.69 Å². The first-order valence-electron chi connectivity index (χ1n) is 7.69. The first-order valence-corrected chi connectivity index (χ1v) is 8.07. The molecule has 0 spiro atoms. The van der Waals surface area contributed by atoms with Gasteiger partial charge in [0.05, 0.1) is 17.3 Å². The molecule has 1 heterocycles. The van der Waals surface area contributed by atoms with Crippen molar-refractivity contribution in [2.45, 2.75) is 25.8 Å². The van der Waals surface area contributed by atoms with E-state index in [-0.39, 0.29) is 24.3 Å². The standard InChI is InChI=1S/C16H18ClN5O2/c1-10-18-15(20-22(10)13-6-4-3-5-12(13)17)16(24)21(2)9-14(23)19-11-7-8-11/h3-6,11H,7-9H2,1-2H3,(H,19,23). The molecule has 3 rings (SSSR count). The Morgan fingerprint density at radius 2 is 2.08 bits per heavy atom. The van der Waals surface area contributed by atoms with Crippen LogP contribution in [-0.4, -0.2) is 51.1 Å². The van der Waals surface area contributed by atoms with Gasteiger partial charge in [0.2, 0.25) is 11.7 Å². The molecule has 7 nitrogen and oxygen atoms in total. The van der Waals surface area contributed by atoms with Gasteiger partial charge in [0, 0.05) is 13.1 Å². The van der Waals surface area contributed by atoms with Crippen LogP contribution in [0.3, 0.4) is 0 Å². The summed E-state index contributed by atoms with van der Waals surface area (Å²) in [6.07, 6.45) is 2.01. The number of hydrogen-bond donors (Lipinski definition) is 1. The number of likely N-dealkylation sites (N-methyl/N-ethyl adjacent to an activating group) is 1. The van der Waals surface area contributed by atoms with Crippen LogP contribution in [0.2, 0.25) is 5.02 Å². The number of para-hydroxylation sites is 1. The van der Waals surface area contributed by atoms with Gasteiger partial charge in [0.1, 0.15) is 5.82 Å². The quantitative estimate of drug-likeness (QED) is 0.890. The van der Waals surface area contributed by atoms with E-state index in [2.05, 4.69) is 15.4 Å². The number of rotatable bonds is 5. The van der Waals surface area contributed by atoms with Crippen LogP contribution in [0.4, 0.5) is 0 Å². The van der Waals surface area contributed by atoms with E-state index in [1.165, 1.54) is 9.58 Å². The monoisotopic (exact) mass is 347 g/mol. The number of carbonyl (C=O) groups is 2. The van der Waals surface area contributed by atoms with Crippen molar-refractivity contribution >= 4 is 23.4 Å². The number of benzene rings is 1. The van der Waals surface area contributed by atoms with Crippen LogP contribution in [0, 0.1) is 6.92 Å². The largest absolute Gasteiger partial charge is 0.352 e. The summed E-state index contributed by atoms with van der Waals surface area (Å²) in [5, 5.41) is 7.60. The summed E-state index contributed by atoms with van der Waals surface area (Å²) in [7, 11) is 1.56. The molecule has 2 amide bonds. The van der Waals surface area contributed by atoms with Crippen LogP contribution < -0.4 is 5.32 Å². The van der Waals surface area contributed by atoms with Gasteiger partial charge in [-0.25, -0.2) is 9.67 Å². The molecule has 1 aliphatic carbocycles. The third kappa shape index (κ3) is 3.56. The predicted molar refractivity (Wildman–Crippen MR) is 89.2 cm³/mol. The Labute approximate surface area is 144 Å². The third-order valence-corrected chi connectivity index (χ3v) is 4.03. The lowest BCUT2D eigenvalue weighted by atomic mass is 10.3. The second-order valence-corrected chi connectivity index (χ2v) is 6.26. The van der Waals surface area contributed by atoms with Crippen LogP contribution in [0.1, 0.15) is 29.3 Å². The molecule has 1 saturated carbocycles. The second kappa shape index (κ2) is 6.60. The highest BCUT2D eigenvalue weighted by molar-refractivity contribution is 6.32. The van der Waals surface area contributed by atoms with E-state index < -0.39 is 5.91 Å². The maximum Gasteiger partial charge on any atom is 0.293 e. The maximum absolute atomic E-state index is 12.4. The molecule has 1 N–H and O–H groups in total. The van der Waals surface area contributed by atoms with Crippen LogP contribution in [0.25, 0.3) is 5.69 Å². The summed E-state index contributed by atoms with van der Waals surface area (Å²) in [6, 6.07) is 7.45. The van der Waals surface area contributed by atoms with E-state index >= 15 is 0 Å². The van der Waals surface area contributed by atoms with E-state index in [1.807, 2.05) is 12.1 Å². The molecule has 0 atom stereocenters. The van der Waals surface area contributed by atoms with Crippen molar-refractivity contribution in [3.05, 3.63) is 40.9 Å². The molecule has 1 aromatic carbocycles. The maximum atomic E-state index is 12.4. The van der Waals surface area contributed by atoms with Crippen LogP contribution in [0.5, 0.6) is 0 Å². The van der Waals surface area contributed by atoms with E-state index in [9.17, 15) is 9.59 Å². The van der Waals surface area contributed by atoms with Crippen molar-refractivity contribution in [2.75, 3.05) is 13.6 Å². The smallest absolute Gasteiger partial charge is 0.293 e. The fourth-order valence-electron chi connectivity index (χ4n) is 2.29. The molecule has 2 aromatic rings. The summed E-state index contributed by atoms with van der Waals surface area (Å²) in [6.45, 7) is 1.72. The highest BCUT2D eigenvalue weighted by atomic mass is 35.5. The zero-order valence-corrected chi connectivity index (χ0v) is 14.2. The Kier molecular flexibility index (Phi) is 4.53. The Morgan fingerprint density at radius 1 is 1.38 bits per heavy atom. The molecule has 126 valence electrons. The summed E-state index contributed by atoms with van der Waals surface area (Å²) in [5.41, 5.74) is 0.650. The fraction of sp³-hybridized carbons (Fsp3) is 0.375. The van der Waals surface area contributed by atoms with Gasteiger partial charge in [-0.2, -0.15) is 0 Å². The zero-order chi connectivity index (χ0) is 17.3. The van der Waals surface area contributed by atoms with Crippen LogP contribution in [0.15, 0.2) is 24.3 Å². The van der Waals surface area contributed by atoms with Crippen molar-refractivity contribution < 1.29 is 9.59 Å². The van der Waals surface area contributed by atoms with Gasteiger partial charge in [0.15, 0.2) is 0 Å². The molecule has 24 heavy (non-hydrogen) atoms. The van der Waals surface area contributed by atoms with Gasteiger partial charge in [-0.15, -0.1) is 5.10 Å². The predicted octanol–water partition coefficient (Wildman–Crippen LogP) is 1.58. The SMILES string of the molecule is Cc1nc(C(=O)N(C)CC(=O)NC2CC2)nn1-c1ccccc1Cl. The van der Waals surface area contributed by atoms with E-state index in [0.717, 1.165) is 12.8 Å². The van der Waals surface area contributed by atoms with Gasteiger partial charge in [0.25, 0.3) is 5.91 Å². The highest BCUT2D eigenvalue weighted by Gasteiger charge is 2.26.